The van der Waals surface area contributed by atoms with Gasteiger partial charge >= 0.3 is 0 Å². The molecule has 0 saturated heterocycles. The third kappa shape index (κ3) is 4.82. The summed E-state index contributed by atoms with van der Waals surface area (Å²) in [6.45, 7) is 7.98. The van der Waals surface area contributed by atoms with E-state index >= 15 is 0 Å². The Balaban J connectivity index is 3.79. The number of hydrogen-bond donors (Lipinski definition) is 1. The molecule has 66 valence electrons. The summed E-state index contributed by atoms with van der Waals surface area (Å²) in [7, 11) is 0. The Kier molecular flexibility index (Phi) is 4.92. The van der Waals surface area contributed by atoms with Crippen molar-refractivity contribution in [2.75, 3.05) is 0 Å². The van der Waals surface area contributed by atoms with E-state index in [1.165, 1.54) is 0 Å². The van der Waals surface area contributed by atoms with Crippen molar-refractivity contribution in [1.82, 2.24) is 5.32 Å². The first kappa shape index (κ1) is 10.5. The van der Waals surface area contributed by atoms with Crippen LogP contribution in [-0.2, 0) is 4.79 Å². The topological polar surface area (TPSA) is 29.1 Å². The minimum Gasteiger partial charge on any atom is -0.353 e. The van der Waals surface area contributed by atoms with Crippen molar-refractivity contribution in [3.63, 3.8) is 0 Å². The maximum atomic E-state index is 10.7. The summed E-state index contributed by atoms with van der Waals surface area (Å²) in [5.41, 5.74) is 0. The van der Waals surface area contributed by atoms with E-state index in [9.17, 15) is 4.79 Å². The highest BCUT2D eigenvalue weighted by Crippen LogP contribution is 2.07. The molecule has 0 unspecified atom stereocenters. The zero-order valence-electron chi connectivity index (χ0n) is 7.98. The number of nitrogens with one attached hydrogen (secondary N) is 1. The van der Waals surface area contributed by atoms with Gasteiger partial charge in [-0.2, -0.15) is 0 Å². The van der Waals surface area contributed by atoms with Crippen molar-refractivity contribution in [2.24, 2.45) is 5.92 Å². The smallest absolute Gasteiger partial charge is 0.217 e. The van der Waals surface area contributed by atoms with Crippen LogP contribution in [0.25, 0.3) is 0 Å². The monoisotopic (exact) mass is 157 g/mol. The largest absolute Gasteiger partial charge is 0.353 e. The maximum absolute atomic E-state index is 10.7. The SMILES string of the molecule is CCC[C@@H](NC(C)=O)C(C)C. The van der Waals surface area contributed by atoms with Crippen LogP contribution >= 0.6 is 0 Å². The molecule has 2 nitrogen and oxygen atoms in total. The highest BCUT2D eigenvalue weighted by molar-refractivity contribution is 5.73. The van der Waals surface area contributed by atoms with Crippen molar-refractivity contribution in [3.8, 4) is 0 Å². The number of carbonyl (C=O) groups excluding carboxylic acids is 1. The lowest BCUT2D eigenvalue weighted by molar-refractivity contribution is -0.120. The summed E-state index contributed by atoms with van der Waals surface area (Å²) in [6, 6.07) is 0.359. The molecule has 0 heterocycles. The fourth-order valence-electron chi connectivity index (χ4n) is 1.14. The quantitative estimate of drug-likeness (QED) is 0.664. The van der Waals surface area contributed by atoms with E-state index in [0.717, 1.165) is 12.8 Å². The van der Waals surface area contributed by atoms with Crippen LogP contribution in [0.5, 0.6) is 0 Å². The Morgan fingerprint density at radius 1 is 1.45 bits per heavy atom. The van der Waals surface area contributed by atoms with Crippen molar-refractivity contribution in [3.05, 3.63) is 0 Å². The minimum atomic E-state index is 0.0807. The first-order valence-electron chi connectivity index (χ1n) is 4.35. The number of amides is 1. The highest BCUT2D eigenvalue weighted by atomic mass is 16.1. The van der Waals surface area contributed by atoms with Gasteiger partial charge in [0.05, 0.1) is 0 Å². The van der Waals surface area contributed by atoms with E-state index in [1.54, 1.807) is 6.92 Å². The zero-order valence-corrected chi connectivity index (χ0v) is 7.98. The van der Waals surface area contributed by atoms with Gasteiger partial charge in [0.1, 0.15) is 0 Å². The van der Waals surface area contributed by atoms with Crippen molar-refractivity contribution in [2.45, 2.75) is 46.6 Å². The molecule has 1 amide bonds. The van der Waals surface area contributed by atoms with Gasteiger partial charge in [-0.25, -0.2) is 0 Å². The third-order valence-electron chi connectivity index (χ3n) is 1.79. The van der Waals surface area contributed by atoms with Crippen LogP contribution in [0.2, 0.25) is 0 Å². The molecular formula is C9H19NO. The fraction of sp³-hybridized carbons (Fsp3) is 0.889. The standard InChI is InChI=1S/C9H19NO/c1-5-6-9(7(2)3)10-8(4)11/h7,9H,5-6H2,1-4H3,(H,10,11)/t9-/m1/s1. The van der Waals surface area contributed by atoms with E-state index in [2.05, 4.69) is 26.1 Å². The molecule has 0 bridgehead atoms. The van der Waals surface area contributed by atoms with E-state index in [1.807, 2.05) is 0 Å². The van der Waals surface area contributed by atoms with Gasteiger partial charge in [0.2, 0.25) is 5.91 Å². The number of carbonyl (C=O) groups is 1. The summed E-state index contributed by atoms with van der Waals surface area (Å²) in [4.78, 5) is 10.7. The van der Waals surface area contributed by atoms with Crippen molar-refractivity contribution >= 4 is 5.91 Å². The van der Waals surface area contributed by atoms with Crippen LogP contribution in [0.1, 0.15) is 40.5 Å². The lowest BCUT2D eigenvalue weighted by Gasteiger charge is -2.20. The van der Waals surface area contributed by atoms with Crippen LogP contribution in [0.4, 0.5) is 0 Å². The highest BCUT2D eigenvalue weighted by Gasteiger charge is 2.11. The molecule has 0 fully saturated rings. The molecule has 2 heteroatoms. The Bertz CT molecular complexity index is 121. The summed E-state index contributed by atoms with van der Waals surface area (Å²) in [6.07, 6.45) is 2.21. The molecule has 0 rings (SSSR count). The first-order chi connectivity index (χ1) is 5.07. The molecule has 1 atom stereocenters. The van der Waals surface area contributed by atoms with Crippen molar-refractivity contribution in [1.29, 1.82) is 0 Å². The number of rotatable bonds is 4. The number of hydrogen-bond acceptors (Lipinski definition) is 1. The Labute approximate surface area is 69.4 Å². The summed E-state index contributed by atoms with van der Waals surface area (Å²) in [5.74, 6) is 0.621. The second-order valence-electron chi connectivity index (χ2n) is 3.34. The molecule has 0 radical (unpaired) electrons. The Morgan fingerprint density at radius 3 is 2.27 bits per heavy atom. The predicted octanol–water partition coefficient (Wildman–Crippen LogP) is 1.95. The van der Waals surface area contributed by atoms with Gasteiger partial charge in [-0.05, 0) is 12.3 Å². The van der Waals surface area contributed by atoms with Gasteiger partial charge in [-0.3, -0.25) is 4.79 Å². The third-order valence-corrected chi connectivity index (χ3v) is 1.79. The second kappa shape index (κ2) is 5.16. The van der Waals surface area contributed by atoms with Crippen molar-refractivity contribution < 1.29 is 4.79 Å². The molecular weight excluding hydrogens is 138 g/mol. The lowest BCUT2D eigenvalue weighted by atomic mass is 10.00. The fourth-order valence-corrected chi connectivity index (χ4v) is 1.14. The van der Waals surface area contributed by atoms with Crippen LogP contribution in [0.15, 0.2) is 0 Å². The summed E-state index contributed by atoms with van der Waals surface area (Å²) in [5, 5.41) is 2.94. The van der Waals surface area contributed by atoms with E-state index in [4.69, 9.17) is 0 Å². The van der Waals surface area contributed by atoms with Gasteiger partial charge in [0.25, 0.3) is 0 Å². The molecule has 0 aliphatic rings. The Hall–Kier alpha value is -0.530. The molecule has 0 spiro atoms. The van der Waals surface area contributed by atoms with Gasteiger partial charge < -0.3 is 5.32 Å². The minimum absolute atomic E-state index is 0.0807. The normalized spacial score (nSPS) is 13.2. The van der Waals surface area contributed by atoms with E-state index < -0.39 is 0 Å². The summed E-state index contributed by atoms with van der Waals surface area (Å²) >= 11 is 0. The lowest BCUT2D eigenvalue weighted by Crippen LogP contribution is -2.36. The van der Waals surface area contributed by atoms with Gasteiger partial charge in [-0.15, -0.1) is 0 Å². The van der Waals surface area contributed by atoms with Crippen LogP contribution in [0, 0.1) is 5.92 Å². The Morgan fingerprint density at radius 2 is 2.00 bits per heavy atom. The van der Waals surface area contributed by atoms with E-state index in [0.29, 0.717) is 12.0 Å². The average molecular weight is 157 g/mol. The van der Waals surface area contributed by atoms with Gasteiger partial charge in [-0.1, -0.05) is 27.2 Å². The molecule has 0 aliphatic heterocycles. The van der Waals surface area contributed by atoms with E-state index in [-0.39, 0.29) is 5.91 Å². The molecule has 0 saturated carbocycles. The second-order valence-corrected chi connectivity index (χ2v) is 3.34. The van der Waals surface area contributed by atoms with Crippen LogP contribution < -0.4 is 5.32 Å². The molecule has 0 aliphatic carbocycles. The van der Waals surface area contributed by atoms with Crippen LogP contribution in [0.3, 0.4) is 0 Å². The zero-order chi connectivity index (χ0) is 8.85. The predicted molar refractivity (Wildman–Crippen MR) is 47.4 cm³/mol. The molecule has 0 aromatic heterocycles. The molecule has 1 N–H and O–H groups in total. The molecule has 0 aromatic rings. The van der Waals surface area contributed by atoms with Gasteiger partial charge in [0, 0.05) is 13.0 Å². The molecule has 11 heavy (non-hydrogen) atoms. The maximum Gasteiger partial charge on any atom is 0.217 e. The first-order valence-corrected chi connectivity index (χ1v) is 4.35. The molecule has 0 aromatic carbocycles. The summed E-state index contributed by atoms with van der Waals surface area (Å²) < 4.78 is 0. The van der Waals surface area contributed by atoms with Gasteiger partial charge in [0.15, 0.2) is 0 Å². The average Bonchev–Trinajstić information content (AvgIpc) is 1.86. The van der Waals surface area contributed by atoms with Crippen LogP contribution in [-0.4, -0.2) is 11.9 Å².